The molecule has 0 atom stereocenters. The van der Waals surface area contributed by atoms with E-state index in [1.807, 2.05) is 0 Å². The second-order valence-corrected chi connectivity index (χ2v) is 4.25. The van der Waals surface area contributed by atoms with E-state index in [1.165, 1.54) is 25.7 Å². The molecule has 1 rings (SSSR count). The lowest BCUT2D eigenvalue weighted by Crippen LogP contribution is -2.36. The van der Waals surface area contributed by atoms with Gasteiger partial charge in [-0.1, -0.05) is 27.7 Å². The van der Waals surface area contributed by atoms with E-state index in [-0.39, 0.29) is 0 Å². The third-order valence-corrected chi connectivity index (χ3v) is 3.41. The second kappa shape index (κ2) is 5.94. The van der Waals surface area contributed by atoms with Crippen molar-refractivity contribution in [3.8, 4) is 0 Å². The first kappa shape index (κ1) is 12.3. The van der Waals surface area contributed by atoms with Gasteiger partial charge in [0, 0.05) is 0 Å². The van der Waals surface area contributed by atoms with Crippen LogP contribution in [0, 0.1) is 0 Å². The highest BCUT2D eigenvalue weighted by molar-refractivity contribution is 4.74. The molecule has 2 heteroatoms. The van der Waals surface area contributed by atoms with E-state index in [0.717, 1.165) is 0 Å². The van der Waals surface area contributed by atoms with Gasteiger partial charge in [0.2, 0.25) is 6.33 Å². The van der Waals surface area contributed by atoms with E-state index in [9.17, 15) is 0 Å². The molecule has 0 aliphatic carbocycles. The summed E-state index contributed by atoms with van der Waals surface area (Å²) in [6, 6.07) is 1.33. The fraction of sp³-hybridized carbons (Fsp3) is 0.769. The van der Waals surface area contributed by atoms with Crippen LogP contribution in [0.2, 0.25) is 0 Å². The molecular formula is C13H25N2+. The van der Waals surface area contributed by atoms with Crippen molar-refractivity contribution in [3.05, 3.63) is 18.7 Å². The summed E-state index contributed by atoms with van der Waals surface area (Å²) in [6.45, 7) is 9.04. The highest BCUT2D eigenvalue weighted by atomic mass is 15.1. The molecule has 0 fully saturated rings. The molecule has 0 saturated heterocycles. The van der Waals surface area contributed by atoms with Gasteiger partial charge in [-0.2, -0.15) is 0 Å². The molecule has 15 heavy (non-hydrogen) atoms. The molecule has 0 aliphatic heterocycles. The Labute approximate surface area is 93.9 Å². The third-order valence-electron chi connectivity index (χ3n) is 3.41. The van der Waals surface area contributed by atoms with Crippen LogP contribution in [0.15, 0.2) is 18.7 Å². The first-order chi connectivity index (χ1) is 7.26. The number of hydrogen-bond acceptors (Lipinski definition) is 0. The predicted octanol–water partition coefficient (Wildman–Crippen LogP) is 3.50. The van der Waals surface area contributed by atoms with Crippen LogP contribution in [0.1, 0.15) is 65.5 Å². The van der Waals surface area contributed by atoms with E-state index in [2.05, 4.69) is 55.6 Å². The molecule has 0 unspecified atom stereocenters. The van der Waals surface area contributed by atoms with Crippen LogP contribution < -0.4 is 4.57 Å². The summed E-state index contributed by atoms with van der Waals surface area (Å²) in [6.07, 6.45) is 11.6. The zero-order chi connectivity index (χ0) is 11.3. The second-order valence-electron chi connectivity index (χ2n) is 4.25. The molecule has 0 radical (unpaired) electrons. The van der Waals surface area contributed by atoms with E-state index < -0.39 is 0 Å². The lowest BCUT2D eigenvalue weighted by atomic mass is 10.2. The number of nitrogens with zero attached hydrogens (tertiary/aromatic N) is 2. The van der Waals surface area contributed by atoms with Crippen molar-refractivity contribution >= 4 is 0 Å². The minimum atomic E-state index is 0.667. The average molecular weight is 209 g/mol. The molecule has 0 N–H and O–H groups in total. The van der Waals surface area contributed by atoms with Crippen molar-refractivity contribution in [2.45, 2.75) is 65.5 Å². The Bertz CT molecular complexity index is 243. The van der Waals surface area contributed by atoms with Crippen molar-refractivity contribution in [3.63, 3.8) is 0 Å². The Morgan fingerprint density at radius 2 is 1.60 bits per heavy atom. The average Bonchev–Trinajstić information content (AvgIpc) is 2.71. The highest BCUT2D eigenvalue weighted by Crippen LogP contribution is 2.15. The summed E-state index contributed by atoms with van der Waals surface area (Å²) in [5.74, 6) is 0. The molecule has 0 saturated carbocycles. The van der Waals surface area contributed by atoms with Crippen LogP contribution in [0.25, 0.3) is 0 Å². The molecule has 0 aliphatic rings. The van der Waals surface area contributed by atoms with Crippen molar-refractivity contribution < 1.29 is 4.57 Å². The third kappa shape index (κ3) is 2.83. The van der Waals surface area contributed by atoms with Gasteiger partial charge in [0.05, 0.1) is 12.1 Å². The maximum absolute atomic E-state index is 2.36. The van der Waals surface area contributed by atoms with E-state index in [0.29, 0.717) is 12.1 Å². The van der Waals surface area contributed by atoms with Crippen molar-refractivity contribution in [2.75, 3.05) is 0 Å². The summed E-state index contributed by atoms with van der Waals surface area (Å²) in [4.78, 5) is 0. The van der Waals surface area contributed by atoms with Gasteiger partial charge in [-0.3, -0.25) is 0 Å². The maximum atomic E-state index is 2.36. The van der Waals surface area contributed by atoms with Crippen molar-refractivity contribution in [1.29, 1.82) is 0 Å². The van der Waals surface area contributed by atoms with Crippen molar-refractivity contribution in [1.82, 2.24) is 4.57 Å². The maximum Gasteiger partial charge on any atom is 0.244 e. The van der Waals surface area contributed by atoms with Gasteiger partial charge in [-0.05, 0) is 25.7 Å². The SMILES string of the molecule is CCC(CC)n1cc[n+](C(CC)CC)c1. The molecule has 1 heterocycles. The van der Waals surface area contributed by atoms with E-state index in [4.69, 9.17) is 0 Å². The molecule has 86 valence electrons. The molecule has 0 amide bonds. The van der Waals surface area contributed by atoms with Gasteiger partial charge in [0.1, 0.15) is 12.4 Å². The number of imidazole rings is 1. The van der Waals surface area contributed by atoms with Crippen LogP contribution >= 0.6 is 0 Å². The molecule has 0 aromatic carbocycles. The Hall–Kier alpha value is -0.790. The lowest BCUT2D eigenvalue weighted by molar-refractivity contribution is -0.723. The van der Waals surface area contributed by atoms with Crippen LogP contribution in [0.5, 0.6) is 0 Å². The number of aromatic nitrogens is 2. The summed E-state index contributed by atoms with van der Waals surface area (Å²) in [5.41, 5.74) is 0. The van der Waals surface area contributed by atoms with Gasteiger partial charge in [-0.25, -0.2) is 9.13 Å². The number of rotatable bonds is 6. The zero-order valence-electron chi connectivity index (χ0n) is 10.6. The summed E-state index contributed by atoms with van der Waals surface area (Å²) in [7, 11) is 0. The first-order valence-corrected chi connectivity index (χ1v) is 6.34. The smallest absolute Gasteiger partial charge is 0.234 e. The van der Waals surface area contributed by atoms with Crippen LogP contribution in [-0.4, -0.2) is 4.57 Å². The van der Waals surface area contributed by atoms with Crippen LogP contribution in [-0.2, 0) is 0 Å². The Balaban J connectivity index is 2.78. The van der Waals surface area contributed by atoms with Gasteiger partial charge in [-0.15, -0.1) is 0 Å². The predicted molar refractivity (Wildman–Crippen MR) is 63.9 cm³/mol. The summed E-state index contributed by atoms with van der Waals surface area (Å²) in [5, 5.41) is 0. The molecule has 0 bridgehead atoms. The topological polar surface area (TPSA) is 8.81 Å². The van der Waals surface area contributed by atoms with Gasteiger partial charge in [0.25, 0.3) is 0 Å². The van der Waals surface area contributed by atoms with Crippen LogP contribution in [0.3, 0.4) is 0 Å². The summed E-state index contributed by atoms with van der Waals surface area (Å²) < 4.78 is 4.72. The molecule has 0 spiro atoms. The Morgan fingerprint density at radius 1 is 1.00 bits per heavy atom. The zero-order valence-corrected chi connectivity index (χ0v) is 10.6. The van der Waals surface area contributed by atoms with Gasteiger partial charge >= 0.3 is 0 Å². The van der Waals surface area contributed by atoms with Gasteiger partial charge < -0.3 is 0 Å². The standard InChI is InChI=1S/C13H25N2/c1-5-12(6-2)14-9-10-15(11-14)13(7-3)8-4/h9-13H,5-8H2,1-4H3/q+1. The Morgan fingerprint density at radius 3 is 2.07 bits per heavy atom. The minimum absolute atomic E-state index is 0.667. The first-order valence-electron chi connectivity index (χ1n) is 6.34. The molecule has 1 aromatic rings. The minimum Gasteiger partial charge on any atom is -0.234 e. The largest absolute Gasteiger partial charge is 0.244 e. The van der Waals surface area contributed by atoms with Crippen LogP contribution in [0.4, 0.5) is 0 Å². The Kier molecular flexibility index (Phi) is 4.86. The van der Waals surface area contributed by atoms with E-state index in [1.54, 1.807) is 0 Å². The monoisotopic (exact) mass is 209 g/mol. The number of hydrogen-bond donors (Lipinski definition) is 0. The molecule has 1 aromatic heterocycles. The highest BCUT2D eigenvalue weighted by Gasteiger charge is 2.16. The van der Waals surface area contributed by atoms with E-state index >= 15 is 0 Å². The fourth-order valence-corrected chi connectivity index (χ4v) is 2.24. The normalized spacial score (nSPS) is 11.6. The molecular weight excluding hydrogens is 184 g/mol. The summed E-state index contributed by atoms with van der Waals surface area (Å²) >= 11 is 0. The lowest BCUT2D eigenvalue weighted by Gasteiger charge is -2.09. The van der Waals surface area contributed by atoms with Gasteiger partial charge in [0.15, 0.2) is 0 Å². The molecule has 2 nitrogen and oxygen atoms in total. The fourth-order valence-electron chi connectivity index (χ4n) is 2.24. The quantitative estimate of drug-likeness (QED) is 0.634. The van der Waals surface area contributed by atoms with Crippen molar-refractivity contribution in [2.24, 2.45) is 0 Å².